The Bertz CT molecular complexity index is 733. The van der Waals surface area contributed by atoms with Gasteiger partial charge >= 0.3 is 0 Å². The van der Waals surface area contributed by atoms with Gasteiger partial charge in [0.1, 0.15) is 5.69 Å². The maximum absolute atomic E-state index is 12.3. The predicted molar refractivity (Wildman–Crippen MR) is 92.7 cm³/mol. The van der Waals surface area contributed by atoms with Crippen molar-refractivity contribution >= 4 is 17.5 Å². The number of rotatable bonds is 6. The highest BCUT2D eigenvalue weighted by Gasteiger charge is 2.23. The lowest BCUT2D eigenvalue weighted by Crippen LogP contribution is -2.27. The molecule has 0 saturated heterocycles. The second-order valence-electron chi connectivity index (χ2n) is 5.83. The Balaban J connectivity index is 1.79. The molecule has 2 aromatic rings. The molecule has 1 aromatic carbocycles. The van der Waals surface area contributed by atoms with E-state index in [2.05, 4.69) is 32.3 Å². The number of aryl methyl sites for hydroxylation is 1. The Kier molecular flexibility index (Phi) is 5.05. The fourth-order valence-corrected chi connectivity index (χ4v) is 2.84. The van der Waals surface area contributed by atoms with Crippen LogP contribution in [-0.2, 0) is 11.2 Å². The van der Waals surface area contributed by atoms with Crippen LogP contribution in [-0.4, -0.2) is 42.7 Å². The molecule has 2 heterocycles. The van der Waals surface area contributed by atoms with E-state index < -0.39 is 0 Å². The molecule has 6 heteroatoms. The van der Waals surface area contributed by atoms with Gasteiger partial charge in [0.2, 0.25) is 5.95 Å². The highest BCUT2D eigenvalue weighted by molar-refractivity contribution is 5.92. The van der Waals surface area contributed by atoms with Crippen LogP contribution in [0.2, 0.25) is 0 Å². The van der Waals surface area contributed by atoms with E-state index in [1.807, 2.05) is 19.1 Å². The first-order valence-electron chi connectivity index (χ1n) is 8.17. The molecular weight excluding hydrogens is 304 g/mol. The quantitative estimate of drug-likeness (QED) is 0.825. The third kappa shape index (κ3) is 3.54. The summed E-state index contributed by atoms with van der Waals surface area (Å²) < 4.78 is 4.98. The van der Waals surface area contributed by atoms with E-state index in [9.17, 15) is 4.79 Å². The topological polar surface area (TPSA) is 67.3 Å². The number of nitrogens with zero attached hydrogens (tertiary/aromatic N) is 3. The second kappa shape index (κ2) is 7.40. The molecule has 0 unspecified atom stereocenters. The molecule has 1 N–H and O–H groups in total. The molecule has 1 aliphatic rings. The first-order chi connectivity index (χ1) is 11.7. The molecule has 0 aliphatic carbocycles. The second-order valence-corrected chi connectivity index (χ2v) is 5.83. The Morgan fingerprint density at radius 2 is 2.17 bits per heavy atom. The summed E-state index contributed by atoms with van der Waals surface area (Å²) in [6, 6.07) is 9.96. The third-order valence-electron chi connectivity index (χ3n) is 4.01. The van der Waals surface area contributed by atoms with Crippen LogP contribution in [0.1, 0.15) is 28.2 Å². The van der Waals surface area contributed by atoms with Gasteiger partial charge in [-0.3, -0.25) is 4.79 Å². The van der Waals surface area contributed by atoms with Gasteiger partial charge in [-0.05, 0) is 37.5 Å². The normalized spacial score (nSPS) is 13.0. The lowest BCUT2D eigenvalue weighted by Gasteiger charge is -2.18. The number of nitrogens with one attached hydrogen (secondary N) is 1. The molecule has 0 spiro atoms. The number of carbonyl (C=O) groups is 1. The van der Waals surface area contributed by atoms with Crippen molar-refractivity contribution in [2.75, 3.05) is 31.7 Å². The van der Waals surface area contributed by atoms with E-state index in [4.69, 9.17) is 4.74 Å². The minimum absolute atomic E-state index is 0.176. The number of ether oxygens (including phenoxy) is 1. The first-order valence-corrected chi connectivity index (χ1v) is 8.17. The van der Waals surface area contributed by atoms with Crippen LogP contribution < -0.4 is 10.2 Å². The van der Waals surface area contributed by atoms with Gasteiger partial charge in [-0.25, -0.2) is 9.97 Å². The third-order valence-corrected chi connectivity index (χ3v) is 4.01. The number of carbonyl (C=O) groups excluding carboxylic acids is 1. The van der Waals surface area contributed by atoms with Crippen molar-refractivity contribution in [3.63, 3.8) is 0 Å². The summed E-state index contributed by atoms with van der Waals surface area (Å²) in [6.45, 7) is 3.91. The molecule has 0 radical (unpaired) electrons. The highest BCUT2D eigenvalue weighted by atomic mass is 16.5. The van der Waals surface area contributed by atoms with Gasteiger partial charge in [0.15, 0.2) is 0 Å². The number of para-hydroxylation sites is 1. The van der Waals surface area contributed by atoms with Gasteiger partial charge in [0, 0.05) is 38.2 Å². The number of fused-ring (bicyclic) bond motifs is 1. The number of methoxy groups -OCH3 is 1. The van der Waals surface area contributed by atoms with Gasteiger partial charge in [-0.1, -0.05) is 18.2 Å². The zero-order valence-electron chi connectivity index (χ0n) is 14.1. The SMILES string of the molecule is COCCCNC(=O)c1cc(C)nc(N2CCc3ccccc32)n1. The standard InChI is InChI=1S/C18H22N4O2/c1-13-12-15(17(23)19-9-5-11-24-2)21-18(20-13)22-10-8-14-6-3-4-7-16(14)22/h3-4,6-7,12H,5,8-11H2,1-2H3,(H,19,23). The minimum Gasteiger partial charge on any atom is -0.385 e. The van der Waals surface area contributed by atoms with Gasteiger partial charge in [0.05, 0.1) is 0 Å². The lowest BCUT2D eigenvalue weighted by molar-refractivity contribution is 0.0943. The van der Waals surface area contributed by atoms with Crippen molar-refractivity contribution in [2.45, 2.75) is 19.8 Å². The van der Waals surface area contributed by atoms with Crippen LogP contribution >= 0.6 is 0 Å². The van der Waals surface area contributed by atoms with Gasteiger partial charge < -0.3 is 15.0 Å². The fraction of sp³-hybridized carbons (Fsp3) is 0.389. The molecule has 126 valence electrons. The van der Waals surface area contributed by atoms with Gasteiger partial charge in [0.25, 0.3) is 5.91 Å². The molecule has 6 nitrogen and oxygen atoms in total. The number of hydrogen-bond acceptors (Lipinski definition) is 5. The molecule has 0 fully saturated rings. The molecule has 0 bridgehead atoms. The molecule has 1 aromatic heterocycles. The van der Waals surface area contributed by atoms with Crippen LogP contribution in [0.5, 0.6) is 0 Å². The zero-order valence-corrected chi connectivity index (χ0v) is 14.1. The fourth-order valence-electron chi connectivity index (χ4n) is 2.84. The first kappa shape index (κ1) is 16.4. The summed E-state index contributed by atoms with van der Waals surface area (Å²) >= 11 is 0. The van der Waals surface area contributed by atoms with E-state index in [1.54, 1.807) is 13.2 Å². The summed E-state index contributed by atoms with van der Waals surface area (Å²) in [5, 5.41) is 2.87. The number of aromatic nitrogens is 2. The largest absolute Gasteiger partial charge is 0.385 e. The Hall–Kier alpha value is -2.47. The van der Waals surface area contributed by atoms with E-state index in [1.165, 1.54) is 5.56 Å². The minimum atomic E-state index is -0.176. The summed E-state index contributed by atoms with van der Waals surface area (Å²) in [4.78, 5) is 23.4. The zero-order chi connectivity index (χ0) is 16.9. The summed E-state index contributed by atoms with van der Waals surface area (Å²) in [5.74, 6) is 0.410. The Morgan fingerprint density at radius 1 is 1.33 bits per heavy atom. The maximum atomic E-state index is 12.3. The Morgan fingerprint density at radius 3 is 3.00 bits per heavy atom. The van der Waals surface area contributed by atoms with Crippen LogP contribution in [0.15, 0.2) is 30.3 Å². The van der Waals surface area contributed by atoms with Crippen LogP contribution in [0, 0.1) is 6.92 Å². The van der Waals surface area contributed by atoms with Crippen molar-refractivity contribution in [1.29, 1.82) is 0 Å². The molecule has 1 aliphatic heterocycles. The summed E-state index contributed by atoms with van der Waals surface area (Å²) in [7, 11) is 1.65. The van der Waals surface area contributed by atoms with Crippen molar-refractivity contribution in [2.24, 2.45) is 0 Å². The molecule has 3 rings (SSSR count). The van der Waals surface area contributed by atoms with Crippen LogP contribution in [0.4, 0.5) is 11.6 Å². The number of anilines is 2. The lowest BCUT2D eigenvalue weighted by atomic mass is 10.2. The van der Waals surface area contributed by atoms with Crippen molar-refractivity contribution < 1.29 is 9.53 Å². The smallest absolute Gasteiger partial charge is 0.270 e. The monoisotopic (exact) mass is 326 g/mol. The van der Waals surface area contributed by atoms with E-state index in [-0.39, 0.29) is 5.91 Å². The van der Waals surface area contributed by atoms with Crippen molar-refractivity contribution in [3.05, 3.63) is 47.3 Å². The molecule has 0 saturated carbocycles. The Labute approximate surface area is 141 Å². The maximum Gasteiger partial charge on any atom is 0.270 e. The van der Waals surface area contributed by atoms with E-state index in [0.29, 0.717) is 24.8 Å². The molecular formula is C18H22N4O2. The summed E-state index contributed by atoms with van der Waals surface area (Å²) in [5.41, 5.74) is 3.59. The molecule has 24 heavy (non-hydrogen) atoms. The van der Waals surface area contributed by atoms with E-state index in [0.717, 1.165) is 30.8 Å². The molecule has 0 atom stereocenters. The number of hydrogen-bond donors (Lipinski definition) is 1. The van der Waals surface area contributed by atoms with Gasteiger partial charge in [-0.15, -0.1) is 0 Å². The predicted octanol–water partition coefficient (Wildman–Crippen LogP) is 2.25. The van der Waals surface area contributed by atoms with Crippen LogP contribution in [0.3, 0.4) is 0 Å². The van der Waals surface area contributed by atoms with Crippen molar-refractivity contribution in [3.8, 4) is 0 Å². The average Bonchev–Trinajstić information content (AvgIpc) is 3.02. The highest BCUT2D eigenvalue weighted by Crippen LogP contribution is 2.32. The van der Waals surface area contributed by atoms with Crippen molar-refractivity contribution in [1.82, 2.24) is 15.3 Å². The average molecular weight is 326 g/mol. The van der Waals surface area contributed by atoms with E-state index >= 15 is 0 Å². The molecule has 1 amide bonds. The van der Waals surface area contributed by atoms with Gasteiger partial charge in [-0.2, -0.15) is 0 Å². The number of amides is 1. The number of benzene rings is 1. The van der Waals surface area contributed by atoms with Crippen LogP contribution in [0.25, 0.3) is 0 Å². The summed E-state index contributed by atoms with van der Waals surface area (Å²) in [6.07, 6.45) is 1.74.